The van der Waals surface area contributed by atoms with Crippen molar-refractivity contribution in [1.82, 2.24) is 10.3 Å². The molecule has 1 unspecified atom stereocenters. The lowest BCUT2D eigenvalue weighted by Gasteiger charge is -2.23. The minimum atomic E-state index is -0.962. The molecule has 0 aliphatic heterocycles. The van der Waals surface area contributed by atoms with Gasteiger partial charge in [-0.3, -0.25) is 4.79 Å². The highest BCUT2D eigenvalue weighted by Gasteiger charge is 2.36. The van der Waals surface area contributed by atoms with Gasteiger partial charge in [-0.15, -0.1) is 0 Å². The van der Waals surface area contributed by atoms with E-state index in [-0.39, 0.29) is 11.9 Å². The lowest BCUT2D eigenvalue weighted by molar-refractivity contribution is -0.129. The molecule has 18 heavy (non-hydrogen) atoms. The van der Waals surface area contributed by atoms with Gasteiger partial charge in [0.05, 0.1) is 12.3 Å². The number of aryl methyl sites for hydroxylation is 1. The van der Waals surface area contributed by atoms with Crippen molar-refractivity contribution in [2.45, 2.75) is 46.6 Å². The molecule has 0 aliphatic rings. The summed E-state index contributed by atoms with van der Waals surface area (Å²) >= 11 is 0. The van der Waals surface area contributed by atoms with E-state index < -0.39 is 5.41 Å². The van der Waals surface area contributed by atoms with Gasteiger partial charge in [-0.1, -0.05) is 13.8 Å². The van der Waals surface area contributed by atoms with Crippen LogP contribution in [0.4, 0.5) is 0 Å². The number of oxazole rings is 1. The van der Waals surface area contributed by atoms with Crippen molar-refractivity contribution < 1.29 is 9.21 Å². The van der Waals surface area contributed by atoms with E-state index in [0.717, 1.165) is 0 Å². The van der Waals surface area contributed by atoms with Gasteiger partial charge in [0.15, 0.2) is 0 Å². The Bertz CT molecular complexity index is 455. The van der Waals surface area contributed by atoms with E-state index in [1.54, 1.807) is 20.0 Å². The molecule has 0 spiro atoms. The summed E-state index contributed by atoms with van der Waals surface area (Å²) in [4.78, 5) is 16.2. The van der Waals surface area contributed by atoms with Gasteiger partial charge in [-0.2, -0.15) is 5.26 Å². The Morgan fingerprint density at radius 2 is 2.22 bits per heavy atom. The normalized spacial score (nSPS) is 12.8. The summed E-state index contributed by atoms with van der Waals surface area (Å²) in [6.07, 6.45) is 2.58. The van der Waals surface area contributed by atoms with E-state index in [9.17, 15) is 10.1 Å². The fraction of sp³-hybridized carbons (Fsp3) is 0.615. The molecule has 1 amide bonds. The zero-order chi connectivity index (χ0) is 13.8. The summed E-state index contributed by atoms with van der Waals surface area (Å²) in [6.45, 7) is 7.26. The Balaban J connectivity index is 2.79. The first kappa shape index (κ1) is 14.2. The standard InChI is InChI=1S/C13H19N3O2/c1-5-13(6-2,8-14)12(17)16-10(4)11-15-7-9(3)18-11/h7,10H,5-6H2,1-4H3,(H,16,17). The van der Waals surface area contributed by atoms with Crippen LogP contribution in [0, 0.1) is 23.7 Å². The van der Waals surface area contributed by atoms with Crippen molar-refractivity contribution in [3.05, 3.63) is 17.8 Å². The van der Waals surface area contributed by atoms with E-state index in [2.05, 4.69) is 16.4 Å². The van der Waals surface area contributed by atoms with Gasteiger partial charge < -0.3 is 9.73 Å². The molecule has 5 nitrogen and oxygen atoms in total. The highest BCUT2D eigenvalue weighted by Crippen LogP contribution is 2.26. The van der Waals surface area contributed by atoms with E-state index in [0.29, 0.717) is 24.5 Å². The number of amides is 1. The average Bonchev–Trinajstić information content (AvgIpc) is 2.79. The molecule has 5 heteroatoms. The minimum Gasteiger partial charge on any atom is -0.444 e. The van der Waals surface area contributed by atoms with Crippen LogP contribution in [0.3, 0.4) is 0 Å². The van der Waals surface area contributed by atoms with Crippen LogP contribution in [0.2, 0.25) is 0 Å². The van der Waals surface area contributed by atoms with Crippen LogP contribution in [0.5, 0.6) is 0 Å². The van der Waals surface area contributed by atoms with Crippen molar-refractivity contribution in [2.75, 3.05) is 0 Å². The monoisotopic (exact) mass is 249 g/mol. The summed E-state index contributed by atoms with van der Waals surface area (Å²) < 4.78 is 5.35. The predicted molar refractivity (Wildman–Crippen MR) is 66.4 cm³/mol. The summed E-state index contributed by atoms with van der Waals surface area (Å²) in [7, 11) is 0. The van der Waals surface area contributed by atoms with E-state index in [1.807, 2.05) is 13.8 Å². The van der Waals surface area contributed by atoms with Crippen LogP contribution in [0.1, 0.15) is 51.3 Å². The van der Waals surface area contributed by atoms with Gasteiger partial charge in [0.1, 0.15) is 17.2 Å². The van der Waals surface area contributed by atoms with Crippen LogP contribution in [-0.2, 0) is 4.79 Å². The van der Waals surface area contributed by atoms with Crippen molar-refractivity contribution in [1.29, 1.82) is 5.26 Å². The molecule has 98 valence electrons. The molecule has 0 aromatic carbocycles. The zero-order valence-corrected chi connectivity index (χ0v) is 11.3. The number of nitriles is 1. The Labute approximate surface area is 107 Å². The third-order valence-corrected chi connectivity index (χ3v) is 3.21. The maximum Gasteiger partial charge on any atom is 0.241 e. The van der Waals surface area contributed by atoms with Crippen molar-refractivity contribution in [2.24, 2.45) is 5.41 Å². The third-order valence-electron chi connectivity index (χ3n) is 3.21. The van der Waals surface area contributed by atoms with Gasteiger partial charge in [-0.05, 0) is 26.7 Å². The molecular weight excluding hydrogens is 230 g/mol. The lowest BCUT2D eigenvalue weighted by atomic mass is 9.83. The molecule has 1 atom stereocenters. The predicted octanol–water partition coefficient (Wildman–Crippen LogP) is 2.49. The van der Waals surface area contributed by atoms with E-state index >= 15 is 0 Å². The lowest BCUT2D eigenvalue weighted by Crippen LogP contribution is -2.40. The largest absolute Gasteiger partial charge is 0.444 e. The highest BCUT2D eigenvalue weighted by atomic mass is 16.4. The second kappa shape index (κ2) is 5.67. The van der Waals surface area contributed by atoms with Crippen molar-refractivity contribution in [3.63, 3.8) is 0 Å². The molecule has 0 saturated carbocycles. The molecule has 1 aromatic heterocycles. The molecule has 1 aromatic rings. The molecule has 0 saturated heterocycles. The molecular formula is C13H19N3O2. The Morgan fingerprint density at radius 1 is 1.61 bits per heavy atom. The summed E-state index contributed by atoms with van der Waals surface area (Å²) in [5.41, 5.74) is -0.962. The maximum absolute atomic E-state index is 12.1. The number of nitrogens with one attached hydrogen (secondary N) is 1. The number of carbonyl (C=O) groups is 1. The van der Waals surface area contributed by atoms with Gasteiger partial charge in [0.25, 0.3) is 0 Å². The highest BCUT2D eigenvalue weighted by molar-refractivity contribution is 5.85. The third kappa shape index (κ3) is 2.70. The first-order chi connectivity index (χ1) is 8.49. The van der Waals surface area contributed by atoms with E-state index in [1.165, 1.54) is 0 Å². The molecule has 1 heterocycles. The molecule has 1 rings (SSSR count). The fourth-order valence-corrected chi connectivity index (χ4v) is 1.75. The Hall–Kier alpha value is -1.83. The van der Waals surface area contributed by atoms with Crippen LogP contribution in [0.15, 0.2) is 10.6 Å². The fourth-order valence-electron chi connectivity index (χ4n) is 1.75. The van der Waals surface area contributed by atoms with Gasteiger partial charge in [-0.25, -0.2) is 4.98 Å². The average molecular weight is 249 g/mol. The van der Waals surface area contributed by atoms with Gasteiger partial charge >= 0.3 is 0 Å². The van der Waals surface area contributed by atoms with Gasteiger partial charge in [0, 0.05) is 0 Å². The van der Waals surface area contributed by atoms with Gasteiger partial charge in [0.2, 0.25) is 11.8 Å². The molecule has 0 bridgehead atoms. The molecule has 0 fully saturated rings. The molecule has 1 N–H and O–H groups in total. The summed E-state index contributed by atoms with van der Waals surface area (Å²) in [5, 5.41) is 12.0. The number of hydrogen-bond donors (Lipinski definition) is 1. The zero-order valence-electron chi connectivity index (χ0n) is 11.3. The number of nitrogens with zero attached hydrogens (tertiary/aromatic N) is 2. The number of rotatable bonds is 5. The maximum atomic E-state index is 12.1. The van der Waals surface area contributed by atoms with Crippen LogP contribution in [-0.4, -0.2) is 10.9 Å². The number of carbonyl (C=O) groups excluding carboxylic acids is 1. The minimum absolute atomic E-state index is 0.265. The second-order valence-electron chi connectivity index (χ2n) is 4.41. The molecule has 0 aliphatic carbocycles. The summed E-state index contributed by atoms with van der Waals surface area (Å²) in [6, 6.07) is 1.78. The topological polar surface area (TPSA) is 78.9 Å². The number of hydrogen-bond acceptors (Lipinski definition) is 4. The summed E-state index contributed by atoms with van der Waals surface area (Å²) in [5.74, 6) is 0.891. The molecule has 0 radical (unpaired) electrons. The quantitative estimate of drug-likeness (QED) is 0.869. The van der Waals surface area contributed by atoms with Crippen LogP contribution >= 0.6 is 0 Å². The van der Waals surface area contributed by atoms with Crippen LogP contribution in [0.25, 0.3) is 0 Å². The smallest absolute Gasteiger partial charge is 0.241 e. The van der Waals surface area contributed by atoms with Crippen molar-refractivity contribution >= 4 is 5.91 Å². The van der Waals surface area contributed by atoms with E-state index in [4.69, 9.17) is 4.42 Å². The SMILES string of the molecule is CCC(C#N)(CC)C(=O)NC(C)c1ncc(C)o1. The van der Waals surface area contributed by atoms with Crippen LogP contribution < -0.4 is 5.32 Å². The Kier molecular flexibility index (Phi) is 4.49. The first-order valence-electron chi connectivity index (χ1n) is 6.13. The number of aromatic nitrogens is 1. The first-order valence-corrected chi connectivity index (χ1v) is 6.13. The second-order valence-corrected chi connectivity index (χ2v) is 4.41. The van der Waals surface area contributed by atoms with Crippen molar-refractivity contribution in [3.8, 4) is 6.07 Å². The Morgan fingerprint density at radius 3 is 2.61 bits per heavy atom.